The van der Waals surface area contributed by atoms with Gasteiger partial charge in [0.1, 0.15) is 11.6 Å². The molecular weight excluding hydrogens is 425 g/mol. The molecule has 2 aromatic rings. The molecule has 0 spiro atoms. The van der Waals surface area contributed by atoms with Crippen LogP contribution in [0.2, 0.25) is 10.0 Å². The van der Waals surface area contributed by atoms with Gasteiger partial charge < -0.3 is 10.6 Å². The summed E-state index contributed by atoms with van der Waals surface area (Å²) in [5.41, 5.74) is 0.673. The highest BCUT2D eigenvalue weighted by molar-refractivity contribution is 9.10. The average molecular weight is 438 g/mol. The number of rotatable bonds is 6. The van der Waals surface area contributed by atoms with Gasteiger partial charge in [0.25, 0.3) is 0 Å². The Morgan fingerprint density at radius 3 is 2.42 bits per heavy atom. The zero-order chi connectivity index (χ0) is 17.7. The molecule has 0 atom stereocenters. The number of nitrogens with one attached hydrogen (secondary N) is 2. The summed E-state index contributed by atoms with van der Waals surface area (Å²) in [7, 11) is 0. The van der Waals surface area contributed by atoms with Gasteiger partial charge in [0.05, 0.1) is 15.7 Å². The average Bonchev–Trinajstić information content (AvgIpc) is 2.49. The Bertz CT molecular complexity index is 736. The lowest BCUT2D eigenvalue weighted by Crippen LogP contribution is -2.22. The third-order valence-electron chi connectivity index (χ3n) is 3.13. The van der Waals surface area contributed by atoms with Crippen molar-refractivity contribution in [3.63, 3.8) is 0 Å². The molecule has 0 saturated heterocycles. The van der Waals surface area contributed by atoms with E-state index in [1.165, 1.54) is 12.1 Å². The third-order valence-corrected chi connectivity index (χ3v) is 4.18. The quantitative estimate of drug-likeness (QED) is 0.613. The highest BCUT2D eigenvalue weighted by Crippen LogP contribution is 2.33. The summed E-state index contributed by atoms with van der Waals surface area (Å²) in [5.74, 6) is -1.53. The van der Waals surface area contributed by atoms with Crippen LogP contribution in [0.25, 0.3) is 0 Å². The van der Waals surface area contributed by atoms with Crippen molar-refractivity contribution in [2.45, 2.75) is 13.0 Å². The van der Waals surface area contributed by atoms with E-state index in [9.17, 15) is 13.6 Å². The van der Waals surface area contributed by atoms with E-state index in [4.69, 9.17) is 23.2 Å². The van der Waals surface area contributed by atoms with Crippen LogP contribution in [0.1, 0.15) is 12.0 Å². The smallest absolute Gasteiger partial charge is 0.225 e. The molecule has 0 saturated carbocycles. The fourth-order valence-corrected chi connectivity index (χ4v) is 3.26. The maximum atomic E-state index is 13.5. The Kier molecular flexibility index (Phi) is 6.98. The molecule has 2 N–H and O–H groups in total. The van der Waals surface area contributed by atoms with Crippen LogP contribution in [0.4, 0.5) is 14.5 Å². The summed E-state index contributed by atoms with van der Waals surface area (Å²) in [6.07, 6.45) is 0.144. The van der Waals surface area contributed by atoms with Crippen LogP contribution in [0.3, 0.4) is 0 Å². The van der Waals surface area contributed by atoms with Crippen molar-refractivity contribution < 1.29 is 13.6 Å². The highest BCUT2D eigenvalue weighted by Gasteiger charge is 2.11. The van der Waals surface area contributed by atoms with Crippen LogP contribution in [0, 0.1) is 11.6 Å². The molecule has 0 fully saturated rings. The molecule has 1 amide bonds. The molecule has 0 bridgehead atoms. The summed E-state index contributed by atoms with van der Waals surface area (Å²) in [6, 6.07) is 6.61. The molecule has 2 rings (SSSR count). The van der Waals surface area contributed by atoms with E-state index < -0.39 is 11.6 Å². The van der Waals surface area contributed by atoms with Gasteiger partial charge in [-0.15, -0.1) is 0 Å². The number of halogens is 5. The van der Waals surface area contributed by atoms with E-state index in [1.54, 1.807) is 12.1 Å². The Morgan fingerprint density at radius 1 is 1.12 bits per heavy atom. The summed E-state index contributed by atoms with van der Waals surface area (Å²) in [6.45, 7) is 0.508. The van der Waals surface area contributed by atoms with E-state index >= 15 is 0 Å². The maximum Gasteiger partial charge on any atom is 0.225 e. The minimum atomic E-state index is -0.626. The Balaban J connectivity index is 1.82. The predicted molar refractivity (Wildman–Crippen MR) is 95.5 cm³/mol. The summed E-state index contributed by atoms with van der Waals surface area (Å²) in [5, 5.41) is 6.20. The predicted octanol–water partition coefficient (Wildman–Crippen LogP) is 5.15. The van der Waals surface area contributed by atoms with Crippen LogP contribution in [-0.4, -0.2) is 12.5 Å². The van der Waals surface area contributed by atoms with Gasteiger partial charge in [0.15, 0.2) is 0 Å². The zero-order valence-electron chi connectivity index (χ0n) is 12.3. The molecule has 0 aromatic heterocycles. The SMILES string of the molecule is O=C(CCNCc1ccc(F)cc1F)Nc1c(Cl)cc(Br)cc1Cl. The summed E-state index contributed by atoms with van der Waals surface area (Å²) < 4.78 is 27.0. The van der Waals surface area contributed by atoms with Gasteiger partial charge in [0, 0.05) is 35.6 Å². The third kappa shape index (κ3) is 5.41. The molecule has 0 heterocycles. The van der Waals surface area contributed by atoms with Crippen LogP contribution < -0.4 is 10.6 Å². The summed E-state index contributed by atoms with van der Waals surface area (Å²) in [4.78, 5) is 11.9. The first-order valence-corrected chi connectivity index (χ1v) is 8.50. The minimum Gasteiger partial charge on any atom is -0.324 e. The van der Waals surface area contributed by atoms with Crippen LogP contribution >= 0.6 is 39.1 Å². The number of benzene rings is 2. The van der Waals surface area contributed by atoms with E-state index in [0.29, 0.717) is 32.3 Å². The topological polar surface area (TPSA) is 41.1 Å². The van der Waals surface area contributed by atoms with Gasteiger partial charge in [-0.3, -0.25) is 4.79 Å². The number of amides is 1. The van der Waals surface area contributed by atoms with Crippen molar-refractivity contribution in [1.82, 2.24) is 5.32 Å². The lowest BCUT2D eigenvalue weighted by molar-refractivity contribution is -0.116. The second-order valence-electron chi connectivity index (χ2n) is 4.96. The first kappa shape index (κ1) is 19.1. The molecule has 24 heavy (non-hydrogen) atoms. The van der Waals surface area contributed by atoms with Crippen molar-refractivity contribution in [1.29, 1.82) is 0 Å². The van der Waals surface area contributed by atoms with Gasteiger partial charge in [-0.05, 0) is 18.2 Å². The standard InChI is InChI=1S/C16H13BrCl2F2N2O/c17-10-5-12(18)16(13(19)6-10)23-15(24)3-4-22-8-9-1-2-11(20)7-14(9)21/h1-2,5-7,22H,3-4,8H2,(H,23,24). The van der Waals surface area contributed by atoms with E-state index in [-0.39, 0.29) is 18.9 Å². The van der Waals surface area contributed by atoms with Gasteiger partial charge in [-0.1, -0.05) is 45.2 Å². The fraction of sp³-hybridized carbons (Fsp3) is 0.188. The van der Waals surface area contributed by atoms with Gasteiger partial charge in [-0.25, -0.2) is 8.78 Å². The molecule has 0 aliphatic rings. The van der Waals surface area contributed by atoms with Gasteiger partial charge >= 0.3 is 0 Å². The van der Waals surface area contributed by atoms with Crippen molar-refractivity contribution in [3.8, 4) is 0 Å². The lowest BCUT2D eigenvalue weighted by Gasteiger charge is -2.10. The van der Waals surface area contributed by atoms with Gasteiger partial charge in [-0.2, -0.15) is 0 Å². The van der Waals surface area contributed by atoms with Crippen LogP contribution in [-0.2, 0) is 11.3 Å². The van der Waals surface area contributed by atoms with Crippen molar-refractivity contribution in [3.05, 3.63) is 62.0 Å². The fourth-order valence-electron chi connectivity index (χ4n) is 1.95. The number of carbonyl (C=O) groups excluding carboxylic acids is 1. The van der Waals surface area contributed by atoms with E-state index in [0.717, 1.165) is 6.07 Å². The highest BCUT2D eigenvalue weighted by atomic mass is 79.9. The van der Waals surface area contributed by atoms with Gasteiger partial charge in [0.2, 0.25) is 5.91 Å². The largest absolute Gasteiger partial charge is 0.324 e. The van der Waals surface area contributed by atoms with E-state index in [2.05, 4.69) is 26.6 Å². The number of anilines is 1. The molecule has 8 heteroatoms. The minimum absolute atomic E-state index is 0.144. The molecule has 128 valence electrons. The summed E-state index contributed by atoms with van der Waals surface area (Å²) >= 11 is 15.3. The zero-order valence-corrected chi connectivity index (χ0v) is 15.4. The molecule has 3 nitrogen and oxygen atoms in total. The molecule has 0 aliphatic heterocycles. The first-order chi connectivity index (χ1) is 11.4. The molecule has 0 aliphatic carbocycles. The second kappa shape index (κ2) is 8.76. The normalized spacial score (nSPS) is 10.7. The maximum absolute atomic E-state index is 13.5. The second-order valence-corrected chi connectivity index (χ2v) is 6.69. The monoisotopic (exact) mass is 436 g/mol. The Hall–Kier alpha value is -1.21. The van der Waals surface area contributed by atoms with Crippen LogP contribution in [0.15, 0.2) is 34.8 Å². The number of carbonyl (C=O) groups is 1. The van der Waals surface area contributed by atoms with E-state index in [1.807, 2.05) is 0 Å². The lowest BCUT2D eigenvalue weighted by atomic mass is 10.2. The molecule has 2 aromatic carbocycles. The first-order valence-electron chi connectivity index (χ1n) is 6.96. The van der Waals surface area contributed by atoms with Crippen molar-refractivity contribution in [2.24, 2.45) is 0 Å². The molecular formula is C16H13BrCl2F2N2O. The van der Waals surface area contributed by atoms with Crippen LogP contribution in [0.5, 0.6) is 0 Å². The molecule has 0 radical (unpaired) electrons. The molecule has 0 unspecified atom stereocenters. The Morgan fingerprint density at radius 2 is 1.79 bits per heavy atom. The Labute approximate surface area is 156 Å². The van der Waals surface area contributed by atoms with Crippen molar-refractivity contribution in [2.75, 3.05) is 11.9 Å². The number of hydrogen-bond acceptors (Lipinski definition) is 2. The van der Waals surface area contributed by atoms with Crippen molar-refractivity contribution >= 4 is 50.7 Å². The number of hydrogen-bond donors (Lipinski definition) is 2.